The highest BCUT2D eigenvalue weighted by Crippen LogP contribution is 2.13. The number of aromatic nitrogens is 1. The van der Waals surface area contributed by atoms with Crippen molar-refractivity contribution >= 4 is 11.6 Å². The summed E-state index contributed by atoms with van der Waals surface area (Å²) in [4.78, 5) is 21.2. The lowest BCUT2D eigenvalue weighted by Crippen LogP contribution is -2.48. The summed E-state index contributed by atoms with van der Waals surface area (Å²) in [5, 5.41) is 3.37. The van der Waals surface area contributed by atoms with Gasteiger partial charge in [-0.25, -0.2) is 4.98 Å². The highest BCUT2D eigenvalue weighted by molar-refractivity contribution is 5.92. The van der Waals surface area contributed by atoms with E-state index >= 15 is 0 Å². The highest BCUT2D eigenvalue weighted by atomic mass is 16.2. The van der Waals surface area contributed by atoms with E-state index in [1.807, 2.05) is 29.2 Å². The fraction of sp³-hybridized carbons (Fsp3) is 0.400. The third-order valence-electron chi connectivity index (χ3n) is 4.83. The average Bonchev–Trinajstić information content (AvgIpc) is 2.67. The van der Waals surface area contributed by atoms with Gasteiger partial charge in [-0.1, -0.05) is 31.2 Å². The molecule has 1 aliphatic heterocycles. The summed E-state index contributed by atoms with van der Waals surface area (Å²) in [5.41, 5.74) is 3.97. The molecule has 5 heteroatoms. The Kier molecular flexibility index (Phi) is 5.66. The Bertz CT molecular complexity index is 706. The van der Waals surface area contributed by atoms with Gasteiger partial charge in [-0.3, -0.25) is 4.79 Å². The van der Waals surface area contributed by atoms with E-state index in [-0.39, 0.29) is 5.91 Å². The Morgan fingerprint density at radius 1 is 1.12 bits per heavy atom. The molecular weight excluding hydrogens is 312 g/mol. The number of carbonyl (C=O) groups is 1. The second kappa shape index (κ2) is 8.12. The largest absolute Gasteiger partial charge is 0.380 e. The number of anilines is 1. The molecule has 132 valence electrons. The normalized spacial score (nSPS) is 15.2. The second-order valence-corrected chi connectivity index (χ2v) is 6.44. The summed E-state index contributed by atoms with van der Waals surface area (Å²) in [7, 11) is 0. The Hall–Kier alpha value is -2.40. The number of nitrogens with one attached hydrogen (secondary N) is 1. The van der Waals surface area contributed by atoms with Crippen LogP contribution in [0, 0.1) is 6.92 Å². The standard InChI is InChI=1S/C20H26N4O/c1-3-23-10-12-24(13-11-23)20(25)19-9-8-18(15-22-19)21-14-17-7-5-4-6-16(17)2/h4-9,15,21H,3,10-14H2,1-2H3. The van der Waals surface area contributed by atoms with Gasteiger partial charge in [0.05, 0.1) is 11.9 Å². The molecule has 1 amide bonds. The summed E-state index contributed by atoms with van der Waals surface area (Å²) >= 11 is 0. The third kappa shape index (κ3) is 4.37. The average molecular weight is 338 g/mol. The van der Waals surface area contributed by atoms with E-state index in [0.29, 0.717) is 5.69 Å². The SMILES string of the molecule is CCN1CCN(C(=O)c2ccc(NCc3ccccc3C)cn2)CC1. The molecule has 0 aliphatic carbocycles. The van der Waals surface area contributed by atoms with E-state index in [4.69, 9.17) is 0 Å². The fourth-order valence-electron chi connectivity index (χ4n) is 3.06. The number of carbonyl (C=O) groups excluding carboxylic acids is 1. The van der Waals surface area contributed by atoms with Crippen LogP contribution in [0.2, 0.25) is 0 Å². The van der Waals surface area contributed by atoms with E-state index in [9.17, 15) is 4.79 Å². The number of nitrogens with zero attached hydrogens (tertiary/aromatic N) is 3. The van der Waals surface area contributed by atoms with Crippen molar-refractivity contribution in [1.29, 1.82) is 0 Å². The molecule has 5 nitrogen and oxygen atoms in total. The van der Waals surface area contributed by atoms with Gasteiger partial charge in [0.1, 0.15) is 5.69 Å². The van der Waals surface area contributed by atoms with Crippen molar-refractivity contribution in [3.8, 4) is 0 Å². The van der Waals surface area contributed by atoms with Crippen molar-refractivity contribution in [3.63, 3.8) is 0 Å². The highest BCUT2D eigenvalue weighted by Gasteiger charge is 2.21. The molecule has 2 heterocycles. The smallest absolute Gasteiger partial charge is 0.272 e. The van der Waals surface area contributed by atoms with E-state index in [0.717, 1.165) is 45.0 Å². The fourth-order valence-corrected chi connectivity index (χ4v) is 3.06. The van der Waals surface area contributed by atoms with Crippen molar-refractivity contribution in [2.45, 2.75) is 20.4 Å². The minimum absolute atomic E-state index is 0.0289. The molecule has 0 unspecified atom stereocenters. The zero-order valence-corrected chi connectivity index (χ0v) is 15.0. The lowest BCUT2D eigenvalue weighted by atomic mass is 10.1. The molecule has 25 heavy (non-hydrogen) atoms. The van der Waals surface area contributed by atoms with Gasteiger partial charge in [-0.2, -0.15) is 0 Å². The first-order valence-electron chi connectivity index (χ1n) is 8.93. The molecule has 2 aromatic rings. The number of pyridine rings is 1. The van der Waals surface area contributed by atoms with E-state index in [2.05, 4.69) is 41.2 Å². The molecule has 0 spiro atoms. The Morgan fingerprint density at radius 2 is 1.88 bits per heavy atom. The van der Waals surface area contributed by atoms with Crippen LogP contribution in [0.25, 0.3) is 0 Å². The van der Waals surface area contributed by atoms with E-state index in [1.54, 1.807) is 6.20 Å². The van der Waals surface area contributed by atoms with Crippen molar-refractivity contribution < 1.29 is 4.79 Å². The Morgan fingerprint density at radius 3 is 2.52 bits per heavy atom. The minimum Gasteiger partial charge on any atom is -0.380 e. The number of hydrogen-bond acceptors (Lipinski definition) is 4. The molecule has 1 saturated heterocycles. The van der Waals surface area contributed by atoms with Gasteiger partial charge < -0.3 is 15.1 Å². The molecule has 0 bridgehead atoms. The number of piperazine rings is 1. The van der Waals surface area contributed by atoms with Crippen LogP contribution in [0.1, 0.15) is 28.5 Å². The topological polar surface area (TPSA) is 48.5 Å². The summed E-state index contributed by atoms with van der Waals surface area (Å²) in [6.07, 6.45) is 1.74. The summed E-state index contributed by atoms with van der Waals surface area (Å²) in [6.45, 7) is 9.50. The van der Waals surface area contributed by atoms with Crippen LogP contribution in [-0.2, 0) is 6.54 Å². The zero-order valence-electron chi connectivity index (χ0n) is 15.0. The summed E-state index contributed by atoms with van der Waals surface area (Å²) in [5.74, 6) is 0.0289. The molecule has 0 atom stereocenters. The van der Waals surface area contributed by atoms with Crippen LogP contribution in [0.4, 0.5) is 5.69 Å². The maximum absolute atomic E-state index is 12.6. The lowest BCUT2D eigenvalue weighted by molar-refractivity contribution is 0.0637. The molecule has 1 aromatic carbocycles. The van der Waals surface area contributed by atoms with Crippen molar-refractivity contribution in [2.24, 2.45) is 0 Å². The van der Waals surface area contributed by atoms with Gasteiger partial charge in [-0.15, -0.1) is 0 Å². The van der Waals surface area contributed by atoms with Crippen LogP contribution in [-0.4, -0.2) is 53.4 Å². The van der Waals surface area contributed by atoms with Crippen molar-refractivity contribution in [1.82, 2.24) is 14.8 Å². The van der Waals surface area contributed by atoms with Crippen LogP contribution in [0.3, 0.4) is 0 Å². The van der Waals surface area contributed by atoms with Crippen LogP contribution in [0.5, 0.6) is 0 Å². The minimum atomic E-state index is 0.0289. The second-order valence-electron chi connectivity index (χ2n) is 6.44. The predicted octanol–water partition coefficient (Wildman–Crippen LogP) is 2.78. The summed E-state index contributed by atoms with van der Waals surface area (Å²) in [6, 6.07) is 12.1. The molecule has 3 rings (SSSR count). The quantitative estimate of drug-likeness (QED) is 0.911. The van der Waals surface area contributed by atoms with Crippen molar-refractivity contribution in [3.05, 3.63) is 59.4 Å². The van der Waals surface area contributed by atoms with Gasteiger partial charge in [0.25, 0.3) is 5.91 Å². The molecule has 1 aliphatic rings. The maximum atomic E-state index is 12.6. The van der Waals surface area contributed by atoms with Gasteiger partial charge in [0, 0.05) is 32.7 Å². The lowest BCUT2D eigenvalue weighted by Gasteiger charge is -2.33. The van der Waals surface area contributed by atoms with Crippen LogP contribution < -0.4 is 5.32 Å². The van der Waals surface area contributed by atoms with Crippen LogP contribution >= 0.6 is 0 Å². The van der Waals surface area contributed by atoms with E-state index in [1.165, 1.54) is 11.1 Å². The number of rotatable bonds is 5. The molecule has 1 N–H and O–H groups in total. The van der Waals surface area contributed by atoms with Gasteiger partial charge in [0.2, 0.25) is 0 Å². The summed E-state index contributed by atoms with van der Waals surface area (Å²) < 4.78 is 0. The Balaban J connectivity index is 1.57. The monoisotopic (exact) mass is 338 g/mol. The van der Waals surface area contributed by atoms with Crippen LogP contribution in [0.15, 0.2) is 42.6 Å². The Labute approximate surface area is 149 Å². The maximum Gasteiger partial charge on any atom is 0.272 e. The first-order chi connectivity index (χ1) is 12.2. The number of hydrogen-bond donors (Lipinski definition) is 1. The molecular formula is C20H26N4O. The zero-order chi connectivity index (χ0) is 17.6. The third-order valence-corrected chi connectivity index (χ3v) is 4.83. The van der Waals surface area contributed by atoms with Gasteiger partial charge in [-0.05, 0) is 36.7 Å². The van der Waals surface area contributed by atoms with E-state index < -0.39 is 0 Å². The van der Waals surface area contributed by atoms with Gasteiger partial charge >= 0.3 is 0 Å². The first-order valence-corrected chi connectivity index (χ1v) is 8.93. The number of aryl methyl sites for hydroxylation is 1. The van der Waals surface area contributed by atoms with Crippen molar-refractivity contribution in [2.75, 3.05) is 38.0 Å². The molecule has 0 radical (unpaired) electrons. The number of likely N-dealkylation sites (N-methyl/N-ethyl adjacent to an activating group) is 1. The predicted molar refractivity (Wildman–Crippen MR) is 101 cm³/mol. The number of amides is 1. The first kappa shape index (κ1) is 17.4. The molecule has 1 fully saturated rings. The molecule has 0 saturated carbocycles. The number of benzene rings is 1. The van der Waals surface area contributed by atoms with Gasteiger partial charge in [0.15, 0.2) is 0 Å². The molecule has 1 aromatic heterocycles.